The molecule has 2 atom stereocenters. The van der Waals surface area contributed by atoms with Gasteiger partial charge in [0, 0.05) is 25.7 Å². The van der Waals surface area contributed by atoms with Crippen molar-refractivity contribution in [2.75, 3.05) is 26.2 Å². The smallest absolute Gasteiger partial charge is 0.253 e. The number of hydrogen-bond acceptors (Lipinski definition) is 3. The number of carbonyl (C=O) groups is 1. The van der Waals surface area contributed by atoms with Crippen molar-refractivity contribution < 1.29 is 9.53 Å². The number of ether oxygens (including phenoxy) is 1. The van der Waals surface area contributed by atoms with Crippen LogP contribution in [-0.4, -0.2) is 49.2 Å². The van der Waals surface area contributed by atoms with E-state index >= 15 is 0 Å². The van der Waals surface area contributed by atoms with Crippen LogP contribution in [-0.2, 0) is 16.0 Å². The number of morpholine rings is 1. The van der Waals surface area contributed by atoms with Crippen LogP contribution in [0.1, 0.15) is 25.8 Å². The number of likely N-dealkylation sites (N-methyl/N-ethyl adjacent to an activating group) is 1. The van der Waals surface area contributed by atoms with Crippen LogP contribution in [0.4, 0.5) is 0 Å². The normalized spacial score (nSPS) is 20.0. The van der Waals surface area contributed by atoms with Crippen LogP contribution in [0.2, 0.25) is 0 Å². The summed E-state index contributed by atoms with van der Waals surface area (Å²) in [7, 11) is 0. The number of nitrogens with one attached hydrogen (secondary N) is 1. The van der Waals surface area contributed by atoms with Crippen molar-refractivity contribution in [3.63, 3.8) is 0 Å². The monoisotopic (exact) mass is 290 g/mol. The molecule has 0 aromatic heterocycles. The Morgan fingerprint density at radius 1 is 1.38 bits per heavy atom. The van der Waals surface area contributed by atoms with Crippen molar-refractivity contribution in [1.82, 2.24) is 10.2 Å². The van der Waals surface area contributed by atoms with E-state index in [0.29, 0.717) is 13.2 Å². The Kier molecular flexibility index (Phi) is 6.21. The molecule has 4 heteroatoms. The van der Waals surface area contributed by atoms with Gasteiger partial charge in [0.2, 0.25) is 0 Å². The molecule has 2 rings (SSSR count). The first-order chi connectivity index (χ1) is 10.3. The Morgan fingerprint density at radius 3 is 2.71 bits per heavy atom. The summed E-state index contributed by atoms with van der Waals surface area (Å²) in [6.45, 7) is 6.98. The summed E-state index contributed by atoms with van der Waals surface area (Å²) in [6, 6.07) is 10.6. The molecule has 1 saturated heterocycles. The fourth-order valence-corrected chi connectivity index (χ4v) is 2.86. The van der Waals surface area contributed by atoms with E-state index in [-0.39, 0.29) is 18.1 Å². The van der Waals surface area contributed by atoms with Crippen LogP contribution in [0.3, 0.4) is 0 Å². The van der Waals surface area contributed by atoms with Crippen molar-refractivity contribution in [3.05, 3.63) is 35.9 Å². The highest BCUT2D eigenvalue weighted by Crippen LogP contribution is 2.15. The lowest BCUT2D eigenvalue weighted by molar-refractivity contribution is -0.147. The standard InChI is InChI=1S/C17H26N2O2/c1-3-15(12-14-8-6-5-7-9-14)19(4-2)17(20)16-13-18-10-11-21-16/h5-9,15-16,18H,3-4,10-13H2,1-2H3. The van der Waals surface area contributed by atoms with E-state index in [2.05, 4.69) is 24.4 Å². The number of nitrogens with zero attached hydrogens (tertiary/aromatic N) is 1. The second-order valence-corrected chi connectivity index (χ2v) is 5.44. The molecule has 0 spiro atoms. The van der Waals surface area contributed by atoms with Gasteiger partial charge in [0.15, 0.2) is 0 Å². The summed E-state index contributed by atoms with van der Waals surface area (Å²) in [6.07, 6.45) is 1.52. The van der Waals surface area contributed by atoms with Crippen LogP contribution < -0.4 is 5.32 Å². The minimum absolute atomic E-state index is 0.118. The molecule has 1 aromatic rings. The highest BCUT2D eigenvalue weighted by Gasteiger charge is 2.29. The predicted octanol–water partition coefficient (Wildman–Crippen LogP) is 1.84. The fourth-order valence-electron chi connectivity index (χ4n) is 2.86. The van der Waals surface area contributed by atoms with Gasteiger partial charge in [-0.25, -0.2) is 0 Å². The van der Waals surface area contributed by atoms with Gasteiger partial charge in [0.05, 0.1) is 6.61 Å². The van der Waals surface area contributed by atoms with Gasteiger partial charge in [-0.15, -0.1) is 0 Å². The van der Waals surface area contributed by atoms with Gasteiger partial charge in [0.1, 0.15) is 6.10 Å². The first-order valence-electron chi connectivity index (χ1n) is 7.93. The zero-order valence-electron chi connectivity index (χ0n) is 13.0. The molecule has 0 bridgehead atoms. The van der Waals surface area contributed by atoms with Crippen molar-refractivity contribution in [1.29, 1.82) is 0 Å². The van der Waals surface area contributed by atoms with Gasteiger partial charge in [-0.3, -0.25) is 4.79 Å². The Balaban J connectivity index is 2.04. The Hall–Kier alpha value is -1.39. The van der Waals surface area contributed by atoms with Crippen molar-refractivity contribution in [2.45, 2.75) is 38.8 Å². The summed E-state index contributed by atoms with van der Waals surface area (Å²) < 4.78 is 5.61. The maximum absolute atomic E-state index is 12.7. The molecule has 21 heavy (non-hydrogen) atoms. The number of rotatable bonds is 6. The van der Waals surface area contributed by atoms with Gasteiger partial charge in [-0.1, -0.05) is 37.3 Å². The largest absolute Gasteiger partial charge is 0.366 e. The Morgan fingerprint density at radius 2 is 2.14 bits per heavy atom. The molecule has 1 aromatic carbocycles. The third-order valence-corrected chi connectivity index (χ3v) is 4.05. The van der Waals surface area contributed by atoms with E-state index in [4.69, 9.17) is 4.74 Å². The first kappa shape index (κ1) is 16.0. The van der Waals surface area contributed by atoms with Gasteiger partial charge in [0.25, 0.3) is 5.91 Å². The SMILES string of the molecule is CCC(Cc1ccccc1)N(CC)C(=O)C1CNCCO1. The second-order valence-electron chi connectivity index (χ2n) is 5.44. The van der Waals surface area contributed by atoms with E-state index in [1.54, 1.807) is 0 Å². The van der Waals surface area contributed by atoms with Crippen molar-refractivity contribution in [3.8, 4) is 0 Å². The van der Waals surface area contributed by atoms with E-state index in [9.17, 15) is 4.79 Å². The van der Waals surface area contributed by atoms with E-state index in [0.717, 1.165) is 25.9 Å². The molecule has 0 radical (unpaired) electrons. The number of amides is 1. The minimum atomic E-state index is -0.330. The van der Waals surface area contributed by atoms with Crippen molar-refractivity contribution in [2.24, 2.45) is 0 Å². The molecule has 1 aliphatic rings. The number of carbonyl (C=O) groups excluding carboxylic acids is 1. The maximum atomic E-state index is 12.7. The third-order valence-electron chi connectivity index (χ3n) is 4.05. The summed E-state index contributed by atoms with van der Waals surface area (Å²) in [5.41, 5.74) is 1.28. The molecule has 1 fully saturated rings. The van der Waals surface area contributed by atoms with E-state index in [1.807, 2.05) is 30.0 Å². The van der Waals surface area contributed by atoms with Crippen LogP contribution in [0.5, 0.6) is 0 Å². The van der Waals surface area contributed by atoms with E-state index in [1.165, 1.54) is 5.56 Å². The lowest BCUT2D eigenvalue weighted by Crippen LogP contribution is -2.52. The second kappa shape index (κ2) is 8.15. The third kappa shape index (κ3) is 4.29. The number of hydrogen-bond donors (Lipinski definition) is 1. The Labute approximate surface area is 127 Å². The van der Waals surface area contributed by atoms with Crippen LogP contribution in [0.15, 0.2) is 30.3 Å². The molecule has 0 aliphatic carbocycles. The molecule has 1 heterocycles. The van der Waals surface area contributed by atoms with Gasteiger partial charge in [-0.2, -0.15) is 0 Å². The first-order valence-corrected chi connectivity index (χ1v) is 7.93. The zero-order valence-corrected chi connectivity index (χ0v) is 13.0. The summed E-state index contributed by atoms with van der Waals surface area (Å²) in [5, 5.41) is 3.23. The van der Waals surface area contributed by atoms with Gasteiger partial charge < -0.3 is 15.0 Å². The predicted molar refractivity (Wildman–Crippen MR) is 84.2 cm³/mol. The molecule has 1 aliphatic heterocycles. The lowest BCUT2D eigenvalue weighted by atomic mass is 10.0. The molecule has 0 saturated carbocycles. The quantitative estimate of drug-likeness (QED) is 0.869. The molecule has 4 nitrogen and oxygen atoms in total. The lowest BCUT2D eigenvalue weighted by Gasteiger charge is -2.34. The average molecular weight is 290 g/mol. The highest BCUT2D eigenvalue weighted by molar-refractivity contribution is 5.81. The van der Waals surface area contributed by atoms with Crippen molar-refractivity contribution >= 4 is 5.91 Å². The molecular formula is C17H26N2O2. The Bertz CT molecular complexity index is 430. The van der Waals surface area contributed by atoms with Crippen LogP contribution >= 0.6 is 0 Å². The summed E-state index contributed by atoms with van der Waals surface area (Å²) >= 11 is 0. The van der Waals surface area contributed by atoms with Gasteiger partial charge in [-0.05, 0) is 25.3 Å². The van der Waals surface area contributed by atoms with Gasteiger partial charge >= 0.3 is 0 Å². The fraction of sp³-hybridized carbons (Fsp3) is 0.588. The van der Waals surface area contributed by atoms with E-state index < -0.39 is 0 Å². The molecular weight excluding hydrogens is 264 g/mol. The molecule has 116 valence electrons. The molecule has 1 N–H and O–H groups in total. The number of benzene rings is 1. The molecule has 2 unspecified atom stereocenters. The summed E-state index contributed by atoms with van der Waals surface area (Å²) in [5.74, 6) is 0.118. The van der Waals surface area contributed by atoms with Crippen LogP contribution in [0, 0.1) is 0 Å². The van der Waals surface area contributed by atoms with Crippen LogP contribution in [0.25, 0.3) is 0 Å². The average Bonchev–Trinajstić information content (AvgIpc) is 2.56. The topological polar surface area (TPSA) is 41.6 Å². The zero-order chi connectivity index (χ0) is 15.1. The highest BCUT2D eigenvalue weighted by atomic mass is 16.5. The maximum Gasteiger partial charge on any atom is 0.253 e. The summed E-state index contributed by atoms with van der Waals surface area (Å²) in [4.78, 5) is 14.7. The minimum Gasteiger partial charge on any atom is -0.366 e. The molecule has 1 amide bonds.